The van der Waals surface area contributed by atoms with Gasteiger partial charge in [-0.2, -0.15) is 0 Å². The number of nitrogens with one attached hydrogen (secondary N) is 1. The van der Waals surface area contributed by atoms with Gasteiger partial charge < -0.3 is 9.73 Å². The van der Waals surface area contributed by atoms with Gasteiger partial charge in [0.2, 0.25) is 0 Å². The van der Waals surface area contributed by atoms with E-state index in [-0.39, 0.29) is 11.6 Å². The van der Waals surface area contributed by atoms with Crippen molar-refractivity contribution in [1.82, 2.24) is 14.9 Å². The predicted molar refractivity (Wildman–Crippen MR) is 81.2 cm³/mol. The van der Waals surface area contributed by atoms with Crippen molar-refractivity contribution >= 4 is 11.0 Å². The maximum atomic E-state index is 12.0. The zero-order valence-electron chi connectivity index (χ0n) is 12.0. The zero-order valence-corrected chi connectivity index (χ0v) is 12.0. The zero-order chi connectivity index (χ0) is 14.8. The van der Waals surface area contributed by atoms with Gasteiger partial charge in [0.15, 0.2) is 0 Å². The van der Waals surface area contributed by atoms with Crippen LogP contribution >= 0.6 is 0 Å². The first-order valence-corrected chi connectivity index (χ1v) is 6.86. The maximum Gasteiger partial charge on any atom is 0.253 e. The first-order chi connectivity index (χ1) is 10.2. The summed E-state index contributed by atoms with van der Waals surface area (Å²) in [6.07, 6.45) is 1.57. The lowest BCUT2D eigenvalue weighted by atomic mass is 10.2. The fourth-order valence-electron chi connectivity index (χ4n) is 2.35. The molecule has 21 heavy (non-hydrogen) atoms. The Morgan fingerprint density at radius 1 is 1.33 bits per heavy atom. The summed E-state index contributed by atoms with van der Waals surface area (Å²) in [6, 6.07) is 11.3. The van der Waals surface area contributed by atoms with Crippen LogP contribution < -0.4 is 10.9 Å². The molecule has 0 spiro atoms. The number of para-hydroxylation sites is 1. The number of benzene rings is 1. The Morgan fingerprint density at radius 2 is 2.14 bits per heavy atom. The molecular formula is C16H17N3O2. The van der Waals surface area contributed by atoms with Crippen molar-refractivity contribution in [2.45, 2.75) is 19.5 Å². The Labute approximate surface area is 122 Å². The van der Waals surface area contributed by atoms with Crippen LogP contribution in [0.3, 0.4) is 0 Å². The average Bonchev–Trinajstić information content (AvgIpc) is 2.90. The average molecular weight is 283 g/mol. The number of aromatic nitrogens is 2. The molecule has 0 aliphatic rings. The van der Waals surface area contributed by atoms with Crippen LogP contribution in [0.2, 0.25) is 0 Å². The molecule has 2 aromatic heterocycles. The topological polar surface area (TPSA) is 60.1 Å². The molecule has 5 nitrogen and oxygen atoms in total. The summed E-state index contributed by atoms with van der Waals surface area (Å²) in [5.74, 6) is 0.811. The summed E-state index contributed by atoms with van der Waals surface area (Å²) in [5.41, 5.74) is 1.52. The summed E-state index contributed by atoms with van der Waals surface area (Å²) in [4.78, 5) is 16.1. The third kappa shape index (κ3) is 2.73. The molecule has 0 aliphatic carbocycles. The second kappa shape index (κ2) is 5.54. The Balaban J connectivity index is 1.92. The minimum atomic E-state index is -0.0837. The lowest BCUT2D eigenvalue weighted by Crippen LogP contribution is -2.28. The monoisotopic (exact) mass is 283 g/mol. The van der Waals surface area contributed by atoms with Crippen LogP contribution in [-0.4, -0.2) is 16.6 Å². The van der Waals surface area contributed by atoms with E-state index >= 15 is 0 Å². The molecule has 0 saturated carbocycles. The quantitative estimate of drug-likeness (QED) is 0.798. The molecule has 1 N–H and O–H groups in total. The van der Waals surface area contributed by atoms with E-state index in [9.17, 15) is 4.79 Å². The van der Waals surface area contributed by atoms with Gasteiger partial charge in [0.05, 0.1) is 12.4 Å². The van der Waals surface area contributed by atoms with Crippen molar-refractivity contribution in [3.8, 4) is 0 Å². The maximum absolute atomic E-state index is 12.0. The number of nitrogens with zero attached hydrogens (tertiary/aromatic N) is 2. The van der Waals surface area contributed by atoms with Gasteiger partial charge in [-0.3, -0.25) is 9.36 Å². The molecule has 1 unspecified atom stereocenters. The first kappa shape index (κ1) is 13.6. The van der Waals surface area contributed by atoms with Crippen molar-refractivity contribution in [2.24, 2.45) is 0 Å². The van der Waals surface area contributed by atoms with Crippen LogP contribution in [0.15, 0.2) is 51.9 Å². The third-order valence-corrected chi connectivity index (χ3v) is 3.53. The Bertz CT molecular complexity index is 787. The van der Waals surface area contributed by atoms with Gasteiger partial charge in [0, 0.05) is 23.7 Å². The Kier molecular flexibility index (Phi) is 3.58. The number of furan rings is 1. The van der Waals surface area contributed by atoms with Crippen LogP contribution in [-0.2, 0) is 6.54 Å². The Hall–Kier alpha value is -2.40. The summed E-state index contributed by atoms with van der Waals surface area (Å²) in [5, 5.41) is 4.25. The molecule has 1 aromatic carbocycles. The third-order valence-electron chi connectivity index (χ3n) is 3.53. The van der Waals surface area contributed by atoms with E-state index in [2.05, 4.69) is 10.3 Å². The number of rotatable bonds is 4. The second-order valence-electron chi connectivity index (χ2n) is 5.05. The second-order valence-corrected chi connectivity index (χ2v) is 5.05. The van der Waals surface area contributed by atoms with Crippen molar-refractivity contribution in [3.63, 3.8) is 0 Å². The number of likely N-dealkylation sites (N-methyl/N-ethyl adjacent to an activating group) is 1. The molecular weight excluding hydrogens is 266 g/mol. The summed E-state index contributed by atoms with van der Waals surface area (Å²) in [6.45, 7) is 2.28. The largest absolute Gasteiger partial charge is 0.459 e. The minimum absolute atomic E-state index is 0.0566. The van der Waals surface area contributed by atoms with Crippen LogP contribution in [0.1, 0.15) is 17.5 Å². The molecule has 0 radical (unpaired) electrons. The van der Waals surface area contributed by atoms with Crippen LogP contribution in [0.4, 0.5) is 0 Å². The molecule has 2 heterocycles. The van der Waals surface area contributed by atoms with Crippen LogP contribution in [0.25, 0.3) is 11.0 Å². The molecule has 0 aliphatic heterocycles. The van der Waals surface area contributed by atoms with Gasteiger partial charge in [-0.1, -0.05) is 18.2 Å². The smallest absolute Gasteiger partial charge is 0.253 e. The van der Waals surface area contributed by atoms with Gasteiger partial charge in [-0.25, -0.2) is 4.98 Å². The molecule has 1 atom stereocenters. The van der Waals surface area contributed by atoms with E-state index in [1.54, 1.807) is 17.8 Å². The summed E-state index contributed by atoms with van der Waals surface area (Å²) in [7, 11) is 1.85. The number of hydrogen-bond donors (Lipinski definition) is 1. The molecule has 0 amide bonds. The van der Waals surface area contributed by atoms with E-state index in [0.717, 1.165) is 22.4 Å². The van der Waals surface area contributed by atoms with E-state index in [1.165, 1.54) is 6.07 Å². The Morgan fingerprint density at radius 3 is 2.86 bits per heavy atom. The molecule has 3 aromatic rings. The van der Waals surface area contributed by atoms with Gasteiger partial charge in [-0.15, -0.1) is 0 Å². The van der Waals surface area contributed by atoms with E-state index < -0.39 is 0 Å². The fraction of sp³-hybridized carbons (Fsp3) is 0.250. The van der Waals surface area contributed by atoms with Gasteiger partial charge in [-0.05, 0) is 26.1 Å². The number of hydrogen-bond acceptors (Lipinski definition) is 4. The molecule has 0 bridgehead atoms. The van der Waals surface area contributed by atoms with Crippen molar-refractivity contribution in [1.29, 1.82) is 0 Å². The molecule has 3 rings (SSSR count). The summed E-state index contributed by atoms with van der Waals surface area (Å²) < 4.78 is 7.44. The van der Waals surface area contributed by atoms with Crippen LogP contribution in [0.5, 0.6) is 0 Å². The molecule has 5 heteroatoms. The first-order valence-electron chi connectivity index (χ1n) is 6.86. The lowest BCUT2D eigenvalue weighted by molar-refractivity contribution is 0.404. The van der Waals surface area contributed by atoms with Crippen LogP contribution in [0, 0.1) is 6.92 Å². The highest BCUT2D eigenvalue weighted by Gasteiger charge is 2.15. The highest BCUT2D eigenvalue weighted by atomic mass is 16.3. The van der Waals surface area contributed by atoms with Crippen molar-refractivity contribution < 1.29 is 4.42 Å². The van der Waals surface area contributed by atoms with Gasteiger partial charge in [0.25, 0.3) is 5.56 Å². The van der Waals surface area contributed by atoms with Gasteiger partial charge >= 0.3 is 0 Å². The van der Waals surface area contributed by atoms with Gasteiger partial charge in [0.1, 0.15) is 11.3 Å². The highest BCUT2D eigenvalue weighted by Crippen LogP contribution is 2.24. The molecule has 0 saturated heterocycles. The summed E-state index contributed by atoms with van der Waals surface area (Å²) >= 11 is 0. The highest BCUT2D eigenvalue weighted by molar-refractivity contribution is 5.77. The minimum Gasteiger partial charge on any atom is -0.459 e. The predicted octanol–water partition coefficient (Wildman–Crippen LogP) is 2.26. The molecule has 108 valence electrons. The van der Waals surface area contributed by atoms with E-state index in [4.69, 9.17) is 4.42 Å². The fourth-order valence-corrected chi connectivity index (χ4v) is 2.35. The molecule has 0 fully saturated rings. The van der Waals surface area contributed by atoms with E-state index in [0.29, 0.717) is 6.54 Å². The number of aryl methyl sites for hydroxylation is 1. The number of fused-ring (bicyclic) bond motifs is 1. The normalized spacial score (nSPS) is 12.7. The lowest BCUT2D eigenvalue weighted by Gasteiger charge is -2.14. The van der Waals surface area contributed by atoms with E-state index in [1.807, 2.05) is 37.4 Å². The standard InChI is InChI=1S/C16H17N3O2/c1-11-7-16(20)19(10-18-11)9-13(17-2)15-8-12-5-3-4-6-14(12)21-15/h3-8,10,13,17H,9H2,1-2H3. The SMILES string of the molecule is CNC(Cn1cnc(C)cc1=O)c1cc2ccccc2o1. The van der Waals surface area contributed by atoms with Crippen molar-refractivity contribution in [3.05, 3.63) is 64.5 Å². The van der Waals surface area contributed by atoms with Crippen molar-refractivity contribution in [2.75, 3.05) is 7.05 Å².